The fourth-order valence-electron chi connectivity index (χ4n) is 2.08. The number of hydrogen-bond donors (Lipinski definition) is 0. The smallest absolute Gasteiger partial charge is 0.246 e. The predicted molar refractivity (Wildman–Crippen MR) is 85.0 cm³/mol. The van der Waals surface area contributed by atoms with E-state index in [1.807, 2.05) is 6.92 Å². The predicted octanol–water partition coefficient (Wildman–Crippen LogP) is 5.34. The molecule has 3 heteroatoms. The largest absolute Gasteiger partial charge is 0.274 e. The molecule has 1 rings (SSSR count). The van der Waals surface area contributed by atoms with E-state index in [-0.39, 0.29) is 4.45 Å². The quantitative estimate of drug-likeness (QED) is 0.745. The van der Waals surface area contributed by atoms with E-state index in [0.29, 0.717) is 0 Å². The highest BCUT2D eigenvalue weighted by Gasteiger charge is 2.13. The molecule has 0 saturated carbocycles. The van der Waals surface area contributed by atoms with Crippen molar-refractivity contribution < 1.29 is 4.79 Å². The highest BCUT2D eigenvalue weighted by Crippen LogP contribution is 2.30. The molecule has 0 unspecified atom stereocenters. The van der Waals surface area contributed by atoms with Crippen LogP contribution >= 0.6 is 23.5 Å². The zero-order chi connectivity index (χ0) is 13.9. The molecule has 0 heterocycles. The molecular weight excluding hydrogens is 260 g/mol. The number of thioether (sulfide) groups is 2. The Labute approximate surface area is 119 Å². The first-order valence-electron chi connectivity index (χ1n) is 6.25. The van der Waals surface area contributed by atoms with Gasteiger partial charge in [-0.3, -0.25) is 4.79 Å². The van der Waals surface area contributed by atoms with Crippen molar-refractivity contribution in [2.75, 3.05) is 5.75 Å². The van der Waals surface area contributed by atoms with Gasteiger partial charge in [-0.2, -0.15) is 0 Å². The summed E-state index contributed by atoms with van der Waals surface area (Å²) in [5.74, 6) is 1.65. The normalized spacial score (nSPS) is 10.8. The summed E-state index contributed by atoms with van der Waals surface area (Å²) in [5.41, 5.74) is 8.14. The lowest BCUT2D eigenvalue weighted by atomic mass is 9.90. The molecule has 0 aliphatic rings. The van der Waals surface area contributed by atoms with Crippen LogP contribution in [-0.2, 0) is 5.75 Å². The molecule has 0 bridgehead atoms. The van der Waals surface area contributed by atoms with Gasteiger partial charge < -0.3 is 0 Å². The summed E-state index contributed by atoms with van der Waals surface area (Å²) in [5, 5.41) is 0. The summed E-state index contributed by atoms with van der Waals surface area (Å²) in [6, 6.07) is 0. The molecule has 0 spiro atoms. The van der Waals surface area contributed by atoms with Gasteiger partial charge in [0.2, 0.25) is 4.45 Å². The van der Waals surface area contributed by atoms with Crippen molar-refractivity contribution in [3.05, 3.63) is 33.4 Å². The third kappa shape index (κ3) is 3.33. The molecule has 0 radical (unpaired) electrons. The molecule has 1 aromatic rings. The standard InChI is InChI=1S/C15H22OS2/c1-7-17-15(16)18-8-14-12(5)10(3)9(2)11(4)13(14)6/h7-8H2,1-6H3. The van der Waals surface area contributed by atoms with Crippen LogP contribution in [0.2, 0.25) is 0 Å². The van der Waals surface area contributed by atoms with E-state index < -0.39 is 0 Å². The zero-order valence-corrected chi connectivity index (χ0v) is 13.8. The van der Waals surface area contributed by atoms with Gasteiger partial charge in [0.25, 0.3) is 0 Å². The van der Waals surface area contributed by atoms with Crippen LogP contribution in [0.1, 0.15) is 40.3 Å². The van der Waals surface area contributed by atoms with Crippen molar-refractivity contribution >= 4 is 28.0 Å². The molecule has 18 heavy (non-hydrogen) atoms. The zero-order valence-electron chi connectivity index (χ0n) is 12.1. The lowest BCUT2D eigenvalue weighted by Crippen LogP contribution is -2.02. The second kappa shape index (κ2) is 6.67. The monoisotopic (exact) mass is 282 g/mol. The highest BCUT2D eigenvalue weighted by molar-refractivity contribution is 8.38. The SMILES string of the molecule is CCSC(=O)SCc1c(C)c(C)c(C)c(C)c1C. The molecule has 0 N–H and O–H groups in total. The summed E-state index contributed by atoms with van der Waals surface area (Å²) in [6.07, 6.45) is 0. The maximum absolute atomic E-state index is 11.6. The highest BCUT2D eigenvalue weighted by atomic mass is 32.2. The van der Waals surface area contributed by atoms with Crippen molar-refractivity contribution in [2.45, 2.75) is 47.3 Å². The van der Waals surface area contributed by atoms with E-state index >= 15 is 0 Å². The van der Waals surface area contributed by atoms with Gasteiger partial charge in [-0.05, 0) is 73.8 Å². The van der Waals surface area contributed by atoms with Crippen molar-refractivity contribution in [3.8, 4) is 0 Å². The Morgan fingerprint density at radius 1 is 0.833 bits per heavy atom. The maximum atomic E-state index is 11.6. The van der Waals surface area contributed by atoms with Crippen LogP contribution in [0.3, 0.4) is 0 Å². The van der Waals surface area contributed by atoms with E-state index in [4.69, 9.17) is 0 Å². The average Bonchev–Trinajstić information content (AvgIpc) is 2.34. The Morgan fingerprint density at radius 2 is 1.28 bits per heavy atom. The molecule has 0 aromatic heterocycles. The van der Waals surface area contributed by atoms with Crippen molar-refractivity contribution in [1.82, 2.24) is 0 Å². The van der Waals surface area contributed by atoms with Crippen LogP contribution in [0.5, 0.6) is 0 Å². The fraction of sp³-hybridized carbons (Fsp3) is 0.533. The van der Waals surface area contributed by atoms with Gasteiger partial charge in [-0.1, -0.05) is 30.4 Å². The van der Waals surface area contributed by atoms with E-state index in [1.54, 1.807) is 0 Å². The first-order valence-corrected chi connectivity index (χ1v) is 8.22. The Morgan fingerprint density at radius 3 is 1.72 bits per heavy atom. The van der Waals surface area contributed by atoms with Crippen molar-refractivity contribution in [2.24, 2.45) is 0 Å². The number of rotatable bonds is 3. The molecule has 0 fully saturated rings. The van der Waals surface area contributed by atoms with E-state index in [9.17, 15) is 4.79 Å². The van der Waals surface area contributed by atoms with Gasteiger partial charge in [-0.15, -0.1) is 0 Å². The molecule has 1 aromatic carbocycles. The Bertz CT molecular complexity index is 435. The number of benzene rings is 1. The van der Waals surface area contributed by atoms with Crippen LogP contribution in [-0.4, -0.2) is 10.2 Å². The molecule has 100 valence electrons. The fourth-order valence-corrected chi connectivity index (χ4v) is 3.88. The lowest BCUT2D eigenvalue weighted by Gasteiger charge is -2.18. The van der Waals surface area contributed by atoms with Gasteiger partial charge in [0, 0.05) is 5.75 Å². The minimum Gasteiger partial charge on any atom is -0.274 e. The Kier molecular flexibility index (Phi) is 5.80. The summed E-state index contributed by atoms with van der Waals surface area (Å²) in [6.45, 7) is 12.9. The molecule has 0 amide bonds. The minimum absolute atomic E-state index is 0.229. The van der Waals surface area contributed by atoms with Crippen LogP contribution in [0.4, 0.5) is 4.79 Å². The van der Waals surface area contributed by atoms with Crippen LogP contribution < -0.4 is 0 Å². The van der Waals surface area contributed by atoms with Crippen LogP contribution in [0.15, 0.2) is 0 Å². The van der Waals surface area contributed by atoms with Gasteiger partial charge in [0.1, 0.15) is 0 Å². The van der Waals surface area contributed by atoms with Crippen LogP contribution in [0.25, 0.3) is 0 Å². The summed E-state index contributed by atoms with van der Waals surface area (Å²) >= 11 is 2.83. The first-order chi connectivity index (χ1) is 8.40. The second-order valence-electron chi connectivity index (χ2n) is 4.58. The molecule has 0 aliphatic carbocycles. The summed E-state index contributed by atoms with van der Waals surface area (Å²) in [7, 11) is 0. The third-order valence-electron chi connectivity index (χ3n) is 3.75. The second-order valence-corrected chi connectivity index (χ2v) is 7.02. The number of hydrogen-bond acceptors (Lipinski definition) is 3. The Hall–Kier alpha value is -0.410. The molecule has 1 nitrogen and oxygen atoms in total. The van der Waals surface area contributed by atoms with E-state index in [2.05, 4.69) is 34.6 Å². The van der Waals surface area contributed by atoms with E-state index in [0.717, 1.165) is 11.5 Å². The topological polar surface area (TPSA) is 17.1 Å². The summed E-state index contributed by atoms with van der Waals surface area (Å²) < 4.78 is 0.229. The van der Waals surface area contributed by atoms with Crippen molar-refractivity contribution in [1.29, 1.82) is 0 Å². The molecule has 0 aliphatic heterocycles. The Balaban J connectivity index is 2.99. The van der Waals surface area contributed by atoms with Gasteiger partial charge in [0.15, 0.2) is 0 Å². The van der Waals surface area contributed by atoms with E-state index in [1.165, 1.54) is 56.9 Å². The molecule has 0 atom stereocenters. The number of carbonyl (C=O) groups is 1. The lowest BCUT2D eigenvalue weighted by molar-refractivity contribution is 0.276. The maximum Gasteiger partial charge on any atom is 0.246 e. The minimum atomic E-state index is 0.229. The third-order valence-corrected chi connectivity index (χ3v) is 5.65. The molecular formula is C15H22OS2. The first kappa shape index (κ1) is 15.6. The summed E-state index contributed by atoms with van der Waals surface area (Å²) in [4.78, 5) is 11.6. The number of carbonyl (C=O) groups excluding carboxylic acids is 1. The van der Waals surface area contributed by atoms with Crippen molar-refractivity contribution in [3.63, 3.8) is 0 Å². The molecule has 0 saturated heterocycles. The van der Waals surface area contributed by atoms with Gasteiger partial charge >= 0.3 is 0 Å². The van der Waals surface area contributed by atoms with Gasteiger partial charge in [-0.25, -0.2) is 0 Å². The van der Waals surface area contributed by atoms with Crippen LogP contribution in [0, 0.1) is 34.6 Å². The average molecular weight is 282 g/mol. The van der Waals surface area contributed by atoms with Gasteiger partial charge in [0.05, 0.1) is 0 Å².